The van der Waals surface area contributed by atoms with Gasteiger partial charge in [0.05, 0.1) is 17.6 Å². The van der Waals surface area contributed by atoms with Crippen LogP contribution in [0.15, 0.2) is 54.9 Å². The smallest absolute Gasteiger partial charge is 0.227 e. The van der Waals surface area contributed by atoms with Crippen LogP contribution in [0.2, 0.25) is 0 Å². The summed E-state index contributed by atoms with van der Waals surface area (Å²) in [4.78, 5) is 17.0. The summed E-state index contributed by atoms with van der Waals surface area (Å²) in [6, 6.07) is 12.1. The van der Waals surface area contributed by atoms with Gasteiger partial charge in [0.1, 0.15) is 11.6 Å². The second kappa shape index (κ2) is 7.47. The monoisotopic (exact) mass is 339 g/mol. The number of carbonyl (C=O) groups excluding carboxylic acids is 1. The number of benzene rings is 1. The lowest BCUT2D eigenvalue weighted by Gasteiger charge is -2.20. The Morgan fingerprint density at radius 2 is 1.96 bits per heavy atom. The molecule has 1 unspecified atom stereocenters. The Morgan fingerprint density at radius 1 is 1.20 bits per heavy atom. The minimum atomic E-state index is -0.294. The van der Waals surface area contributed by atoms with Crippen molar-refractivity contribution in [3.05, 3.63) is 72.1 Å². The van der Waals surface area contributed by atoms with Gasteiger partial charge in [0.25, 0.3) is 0 Å². The predicted octanol–water partition coefficient (Wildman–Crippen LogP) is 3.57. The normalized spacial score (nSPS) is 12.5. The zero-order valence-electron chi connectivity index (χ0n) is 14.4. The highest BCUT2D eigenvalue weighted by Gasteiger charge is 2.23. The molecule has 1 amide bonds. The largest absolute Gasteiger partial charge is 0.355 e. The quantitative estimate of drug-likeness (QED) is 0.746. The molecule has 25 heavy (non-hydrogen) atoms. The molecular formula is C20H22FN3O. The zero-order valence-corrected chi connectivity index (χ0v) is 14.4. The maximum Gasteiger partial charge on any atom is 0.227 e. The molecule has 2 aromatic heterocycles. The molecule has 130 valence electrons. The Morgan fingerprint density at radius 3 is 2.68 bits per heavy atom. The standard InChI is InChI=1S/C20H22FN3O/c1-14(2)19(15-6-8-16(21)9-7-15)20(25)22-11-10-18-23-13-17-5-3-4-12-24(17)18/h3-9,12-14,19H,10-11H2,1-2H3,(H,22,25). The molecule has 0 fully saturated rings. The van der Waals surface area contributed by atoms with E-state index in [2.05, 4.69) is 10.3 Å². The second-order valence-corrected chi connectivity index (χ2v) is 6.48. The summed E-state index contributed by atoms with van der Waals surface area (Å²) in [5.74, 6) is 0.412. The topological polar surface area (TPSA) is 46.4 Å². The number of imidazole rings is 1. The maximum absolute atomic E-state index is 13.1. The Balaban J connectivity index is 1.65. The molecule has 1 atom stereocenters. The van der Waals surface area contributed by atoms with E-state index in [1.54, 1.807) is 12.1 Å². The van der Waals surface area contributed by atoms with Gasteiger partial charge < -0.3 is 9.72 Å². The fourth-order valence-corrected chi connectivity index (χ4v) is 3.10. The average Bonchev–Trinajstić information content (AvgIpc) is 3.00. The first-order valence-corrected chi connectivity index (χ1v) is 8.50. The van der Waals surface area contributed by atoms with Crippen molar-refractivity contribution >= 4 is 11.4 Å². The van der Waals surface area contributed by atoms with Crippen molar-refractivity contribution in [2.75, 3.05) is 6.54 Å². The number of pyridine rings is 1. The highest BCUT2D eigenvalue weighted by molar-refractivity contribution is 5.83. The molecule has 1 N–H and O–H groups in total. The van der Waals surface area contributed by atoms with Gasteiger partial charge in [0.15, 0.2) is 0 Å². The number of rotatable bonds is 6. The number of hydrogen-bond donors (Lipinski definition) is 1. The summed E-state index contributed by atoms with van der Waals surface area (Å²) in [5.41, 5.74) is 1.87. The summed E-state index contributed by atoms with van der Waals surface area (Å²) >= 11 is 0. The predicted molar refractivity (Wildman–Crippen MR) is 95.9 cm³/mol. The van der Waals surface area contributed by atoms with Crippen LogP contribution in [-0.2, 0) is 11.2 Å². The van der Waals surface area contributed by atoms with Crippen molar-refractivity contribution in [2.24, 2.45) is 5.92 Å². The summed E-state index contributed by atoms with van der Waals surface area (Å²) in [6.45, 7) is 4.50. The number of halogens is 1. The van der Waals surface area contributed by atoms with E-state index in [-0.39, 0.29) is 23.6 Å². The number of fused-ring (bicyclic) bond motifs is 1. The van der Waals surface area contributed by atoms with Gasteiger partial charge >= 0.3 is 0 Å². The molecule has 2 heterocycles. The van der Waals surface area contributed by atoms with Crippen LogP contribution < -0.4 is 5.32 Å². The molecule has 0 radical (unpaired) electrons. The van der Waals surface area contributed by atoms with Gasteiger partial charge in [0.2, 0.25) is 5.91 Å². The van der Waals surface area contributed by atoms with Crippen molar-refractivity contribution in [1.82, 2.24) is 14.7 Å². The molecular weight excluding hydrogens is 317 g/mol. The molecule has 3 rings (SSSR count). The van der Waals surface area contributed by atoms with Crippen LogP contribution in [0, 0.1) is 11.7 Å². The van der Waals surface area contributed by atoms with E-state index < -0.39 is 0 Å². The second-order valence-electron chi connectivity index (χ2n) is 6.48. The Hall–Kier alpha value is -2.69. The lowest BCUT2D eigenvalue weighted by Crippen LogP contribution is -2.33. The van der Waals surface area contributed by atoms with Crippen molar-refractivity contribution < 1.29 is 9.18 Å². The van der Waals surface area contributed by atoms with Crippen LogP contribution in [0.4, 0.5) is 4.39 Å². The highest BCUT2D eigenvalue weighted by Crippen LogP contribution is 2.24. The van der Waals surface area contributed by atoms with Crippen LogP contribution in [0.1, 0.15) is 31.2 Å². The van der Waals surface area contributed by atoms with Gasteiger partial charge in [-0.05, 0) is 35.7 Å². The molecule has 0 bridgehead atoms. The van der Waals surface area contributed by atoms with Crippen LogP contribution in [0.5, 0.6) is 0 Å². The van der Waals surface area contributed by atoms with Gasteiger partial charge in [-0.3, -0.25) is 4.79 Å². The van der Waals surface area contributed by atoms with Crippen molar-refractivity contribution in [3.63, 3.8) is 0 Å². The SMILES string of the molecule is CC(C)C(C(=O)NCCc1ncc2ccccn12)c1ccc(F)cc1. The van der Waals surface area contributed by atoms with Crippen molar-refractivity contribution in [3.8, 4) is 0 Å². The number of hydrogen-bond acceptors (Lipinski definition) is 2. The van der Waals surface area contributed by atoms with E-state index in [4.69, 9.17) is 0 Å². The Kier molecular flexibility index (Phi) is 5.12. The third kappa shape index (κ3) is 3.87. The van der Waals surface area contributed by atoms with E-state index in [9.17, 15) is 9.18 Å². The van der Waals surface area contributed by atoms with Crippen LogP contribution >= 0.6 is 0 Å². The lowest BCUT2D eigenvalue weighted by molar-refractivity contribution is -0.123. The van der Waals surface area contributed by atoms with Crippen LogP contribution in [-0.4, -0.2) is 21.8 Å². The summed E-state index contributed by atoms with van der Waals surface area (Å²) in [6.07, 6.45) is 4.44. The van der Waals surface area contributed by atoms with E-state index in [1.165, 1.54) is 12.1 Å². The van der Waals surface area contributed by atoms with Crippen molar-refractivity contribution in [1.29, 1.82) is 0 Å². The van der Waals surface area contributed by atoms with E-state index in [0.717, 1.165) is 16.9 Å². The van der Waals surface area contributed by atoms with Gasteiger partial charge in [0, 0.05) is 19.2 Å². The summed E-state index contributed by atoms with van der Waals surface area (Å²) < 4.78 is 15.1. The lowest BCUT2D eigenvalue weighted by atomic mass is 9.87. The van der Waals surface area contributed by atoms with Gasteiger partial charge in [-0.15, -0.1) is 0 Å². The molecule has 0 spiro atoms. The molecule has 0 aliphatic carbocycles. The fraction of sp³-hybridized carbons (Fsp3) is 0.300. The number of carbonyl (C=O) groups is 1. The molecule has 4 nitrogen and oxygen atoms in total. The number of nitrogens with zero attached hydrogens (tertiary/aromatic N) is 2. The third-order valence-corrected chi connectivity index (χ3v) is 4.34. The summed E-state index contributed by atoms with van der Waals surface area (Å²) in [7, 11) is 0. The zero-order chi connectivity index (χ0) is 17.8. The van der Waals surface area contributed by atoms with Crippen molar-refractivity contribution in [2.45, 2.75) is 26.2 Å². The minimum Gasteiger partial charge on any atom is -0.355 e. The molecule has 1 aromatic carbocycles. The third-order valence-electron chi connectivity index (χ3n) is 4.34. The van der Waals surface area contributed by atoms with Gasteiger partial charge in [-0.25, -0.2) is 9.37 Å². The molecule has 5 heteroatoms. The number of aromatic nitrogens is 2. The molecule has 0 aliphatic heterocycles. The minimum absolute atomic E-state index is 0.0394. The van der Waals surface area contributed by atoms with E-state index in [1.807, 2.05) is 48.8 Å². The first kappa shape index (κ1) is 17.1. The number of amides is 1. The van der Waals surface area contributed by atoms with E-state index >= 15 is 0 Å². The Bertz CT molecular complexity index is 855. The van der Waals surface area contributed by atoms with E-state index in [0.29, 0.717) is 13.0 Å². The van der Waals surface area contributed by atoms with Gasteiger partial charge in [-0.2, -0.15) is 0 Å². The average molecular weight is 339 g/mol. The number of nitrogens with one attached hydrogen (secondary N) is 1. The molecule has 0 saturated heterocycles. The first-order chi connectivity index (χ1) is 12.1. The Labute approximate surface area is 146 Å². The highest BCUT2D eigenvalue weighted by atomic mass is 19.1. The summed E-state index contributed by atoms with van der Waals surface area (Å²) in [5, 5.41) is 2.99. The first-order valence-electron chi connectivity index (χ1n) is 8.50. The van der Waals surface area contributed by atoms with Crippen LogP contribution in [0.3, 0.4) is 0 Å². The fourth-order valence-electron chi connectivity index (χ4n) is 3.10. The maximum atomic E-state index is 13.1. The van der Waals surface area contributed by atoms with Crippen LogP contribution in [0.25, 0.3) is 5.52 Å². The van der Waals surface area contributed by atoms with Gasteiger partial charge in [-0.1, -0.05) is 32.0 Å². The molecule has 0 saturated carbocycles. The molecule has 0 aliphatic rings. The molecule has 3 aromatic rings.